The third-order valence-corrected chi connectivity index (χ3v) is 4.83. The van der Waals surface area contributed by atoms with Crippen LogP contribution in [-0.2, 0) is 0 Å². The fraction of sp³-hybridized carbons (Fsp3) is 0.125. The number of aryl methyl sites for hydroxylation is 1. The zero-order valence-corrected chi connectivity index (χ0v) is 16.5. The van der Waals surface area contributed by atoms with Gasteiger partial charge in [0, 0.05) is 11.8 Å². The van der Waals surface area contributed by atoms with Crippen LogP contribution in [0.4, 0.5) is 11.4 Å². The van der Waals surface area contributed by atoms with E-state index in [0.717, 1.165) is 28.4 Å². The second-order valence-corrected chi connectivity index (χ2v) is 6.63. The van der Waals surface area contributed by atoms with Crippen molar-refractivity contribution in [2.24, 2.45) is 0 Å². The lowest BCUT2D eigenvalue weighted by atomic mass is 10.0. The third-order valence-electron chi connectivity index (χ3n) is 4.83. The van der Waals surface area contributed by atoms with E-state index in [1.165, 1.54) is 0 Å². The van der Waals surface area contributed by atoms with Gasteiger partial charge in [-0.05, 0) is 48.9 Å². The van der Waals surface area contributed by atoms with E-state index in [1.807, 2.05) is 60.7 Å². The van der Waals surface area contributed by atoms with Crippen LogP contribution in [0.1, 0.15) is 5.76 Å². The quantitative estimate of drug-likeness (QED) is 0.488. The minimum atomic E-state index is -0.0576. The molecular formula is C24H21NO4. The Balaban J connectivity index is 1.76. The van der Waals surface area contributed by atoms with Gasteiger partial charge in [0.25, 0.3) is 0 Å². The molecule has 0 fully saturated rings. The van der Waals surface area contributed by atoms with Crippen molar-refractivity contribution in [1.29, 1.82) is 0 Å². The fourth-order valence-corrected chi connectivity index (χ4v) is 3.38. The van der Waals surface area contributed by atoms with E-state index in [1.54, 1.807) is 27.2 Å². The molecule has 0 bridgehead atoms. The number of hydrogen-bond donors (Lipinski definition) is 1. The van der Waals surface area contributed by atoms with Crippen molar-refractivity contribution >= 4 is 22.3 Å². The number of para-hydroxylation sites is 2. The van der Waals surface area contributed by atoms with Crippen LogP contribution < -0.4 is 20.2 Å². The number of anilines is 2. The molecule has 3 aromatic carbocycles. The molecule has 0 aliphatic carbocycles. The van der Waals surface area contributed by atoms with Gasteiger partial charge in [0.05, 0.1) is 30.9 Å². The van der Waals surface area contributed by atoms with E-state index >= 15 is 0 Å². The molecule has 0 spiro atoms. The van der Waals surface area contributed by atoms with Gasteiger partial charge in [-0.1, -0.05) is 24.3 Å². The van der Waals surface area contributed by atoms with Crippen LogP contribution in [0.25, 0.3) is 22.1 Å². The van der Waals surface area contributed by atoms with Crippen LogP contribution in [0.5, 0.6) is 11.5 Å². The van der Waals surface area contributed by atoms with Gasteiger partial charge in [-0.25, -0.2) is 0 Å². The summed E-state index contributed by atoms with van der Waals surface area (Å²) in [4.78, 5) is 13.1. The molecule has 4 aromatic rings. The predicted molar refractivity (Wildman–Crippen MR) is 115 cm³/mol. The van der Waals surface area contributed by atoms with Gasteiger partial charge in [-0.15, -0.1) is 0 Å². The monoisotopic (exact) mass is 387 g/mol. The highest BCUT2D eigenvalue weighted by atomic mass is 16.5. The number of ether oxygens (including phenoxy) is 2. The average Bonchev–Trinajstić information content (AvgIpc) is 2.74. The normalized spacial score (nSPS) is 10.7. The lowest BCUT2D eigenvalue weighted by Crippen LogP contribution is -2.07. The topological polar surface area (TPSA) is 60.7 Å². The van der Waals surface area contributed by atoms with Crippen LogP contribution in [0.2, 0.25) is 0 Å². The summed E-state index contributed by atoms with van der Waals surface area (Å²) in [5, 5.41) is 3.85. The second kappa shape index (κ2) is 7.72. The number of benzene rings is 3. The van der Waals surface area contributed by atoms with Gasteiger partial charge in [0.1, 0.15) is 22.8 Å². The Labute approximate surface area is 168 Å². The summed E-state index contributed by atoms with van der Waals surface area (Å²) >= 11 is 0. The Kier molecular flexibility index (Phi) is 4.96. The van der Waals surface area contributed by atoms with Crippen molar-refractivity contribution in [2.45, 2.75) is 6.92 Å². The van der Waals surface area contributed by atoms with Crippen molar-refractivity contribution in [3.8, 4) is 22.6 Å². The van der Waals surface area contributed by atoms with Gasteiger partial charge in [-0.3, -0.25) is 4.79 Å². The standard InChI is InChI=1S/C24H21NO4/c1-15-23(16-8-11-18(27-2)12-9-16)24(26)19-13-10-17(14-22(19)29-15)25-20-6-4-5-7-21(20)28-3/h4-14,25H,1-3H3. The highest BCUT2D eigenvalue weighted by molar-refractivity contribution is 5.86. The molecule has 146 valence electrons. The molecule has 5 nitrogen and oxygen atoms in total. The van der Waals surface area contributed by atoms with E-state index in [9.17, 15) is 4.79 Å². The smallest absolute Gasteiger partial charge is 0.200 e. The maximum absolute atomic E-state index is 13.1. The maximum Gasteiger partial charge on any atom is 0.200 e. The Bertz CT molecular complexity index is 1230. The Hall–Kier alpha value is -3.73. The molecular weight excluding hydrogens is 366 g/mol. The van der Waals surface area contributed by atoms with E-state index in [2.05, 4.69) is 5.32 Å². The first-order chi connectivity index (χ1) is 14.1. The summed E-state index contributed by atoms with van der Waals surface area (Å²) in [5.74, 6) is 2.05. The molecule has 0 atom stereocenters. The zero-order valence-electron chi connectivity index (χ0n) is 16.5. The van der Waals surface area contributed by atoms with Crippen molar-refractivity contribution in [2.75, 3.05) is 19.5 Å². The minimum Gasteiger partial charge on any atom is -0.497 e. The van der Waals surface area contributed by atoms with Gasteiger partial charge in [0.2, 0.25) is 5.43 Å². The summed E-state index contributed by atoms with van der Waals surface area (Å²) < 4.78 is 16.6. The summed E-state index contributed by atoms with van der Waals surface area (Å²) in [5.41, 5.74) is 3.48. The van der Waals surface area contributed by atoms with Crippen molar-refractivity contribution < 1.29 is 13.9 Å². The van der Waals surface area contributed by atoms with E-state index < -0.39 is 0 Å². The summed E-state index contributed by atoms with van der Waals surface area (Å²) in [6, 6.07) is 20.5. The number of rotatable bonds is 5. The average molecular weight is 387 g/mol. The first kappa shape index (κ1) is 18.6. The van der Waals surface area contributed by atoms with Gasteiger partial charge >= 0.3 is 0 Å². The van der Waals surface area contributed by atoms with E-state index in [0.29, 0.717) is 22.3 Å². The summed E-state index contributed by atoms with van der Waals surface area (Å²) in [6.45, 7) is 1.81. The van der Waals surface area contributed by atoms with E-state index in [-0.39, 0.29) is 5.43 Å². The summed E-state index contributed by atoms with van der Waals surface area (Å²) in [6.07, 6.45) is 0. The van der Waals surface area contributed by atoms with Crippen LogP contribution in [-0.4, -0.2) is 14.2 Å². The largest absolute Gasteiger partial charge is 0.497 e. The Morgan fingerprint density at radius 1 is 0.897 bits per heavy atom. The molecule has 0 unspecified atom stereocenters. The molecule has 0 saturated heterocycles. The lowest BCUT2D eigenvalue weighted by molar-refractivity contribution is 0.415. The van der Waals surface area contributed by atoms with Gasteiger partial charge in [0.15, 0.2) is 0 Å². The molecule has 0 radical (unpaired) electrons. The number of nitrogens with one attached hydrogen (secondary N) is 1. The third kappa shape index (κ3) is 3.55. The maximum atomic E-state index is 13.1. The highest BCUT2D eigenvalue weighted by Crippen LogP contribution is 2.30. The first-order valence-electron chi connectivity index (χ1n) is 9.22. The van der Waals surface area contributed by atoms with Crippen LogP contribution in [0.3, 0.4) is 0 Å². The number of fused-ring (bicyclic) bond motifs is 1. The number of hydrogen-bond acceptors (Lipinski definition) is 5. The molecule has 4 rings (SSSR count). The Morgan fingerprint density at radius 3 is 2.38 bits per heavy atom. The molecule has 1 heterocycles. The molecule has 0 aliphatic heterocycles. The molecule has 5 heteroatoms. The van der Waals surface area contributed by atoms with Crippen molar-refractivity contribution in [3.63, 3.8) is 0 Å². The zero-order chi connectivity index (χ0) is 20.4. The molecule has 1 N–H and O–H groups in total. The molecule has 1 aromatic heterocycles. The SMILES string of the molecule is COc1ccc(-c2c(C)oc3cc(Nc4ccccc4OC)ccc3c2=O)cc1. The van der Waals surface area contributed by atoms with Gasteiger partial charge in [-0.2, -0.15) is 0 Å². The molecule has 29 heavy (non-hydrogen) atoms. The van der Waals surface area contributed by atoms with Crippen LogP contribution >= 0.6 is 0 Å². The number of methoxy groups -OCH3 is 2. The molecule has 0 saturated carbocycles. The minimum absolute atomic E-state index is 0.0576. The summed E-state index contributed by atoms with van der Waals surface area (Å²) in [7, 11) is 3.24. The van der Waals surface area contributed by atoms with Crippen molar-refractivity contribution in [1.82, 2.24) is 0 Å². The van der Waals surface area contributed by atoms with Crippen LogP contribution in [0.15, 0.2) is 75.9 Å². The molecule has 0 amide bonds. The molecule has 0 aliphatic rings. The highest BCUT2D eigenvalue weighted by Gasteiger charge is 2.14. The van der Waals surface area contributed by atoms with E-state index in [4.69, 9.17) is 13.9 Å². The second-order valence-electron chi connectivity index (χ2n) is 6.63. The van der Waals surface area contributed by atoms with Crippen molar-refractivity contribution in [3.05, 3.63) is 82.7 Å². The first-order valence-corrected chi connectivity index (χ1v) is 9.22. The predicted octanol–water partition coefficient (Wildman–Crippen LogP) is 5.53. The van der Waals surface area contributed by atoms with Crippen LogP contribution in [0, 0.1) is 6.92 Å². The lowest BCUT2D eigenvalue weighted by Gasteiger charge is -2.12. The fourth-order valence-electron chi connectivity index (χ4n) is 3.38. The Morgan fingerprint density at radius 2 is 1.66 bits per heavy atom. The van der Waals surface area contributed by atoms with Gasteiger partial charge < -0.3 is 19.2 Å².